The van der Waals surface area contributed by atoms with Crippen molar-refractivity contribution in [3.63, 3.8) is 0 Å². The molecular weight excluding hydrogens is 549 g/mol. The van der Waals surface area contributed by atoms with Gasteiger partial charge in [-0.2, -0.15) is 15.2 Å². The van der Waals surface area contributed by atoms with Crippen LogP contribution < -0.4 is 14.5 Å². The molecule has 0 radical (unpaired) electrons. The zero-order valence-electron chi connectivity index (χ0n) is 24.9. The van der Waals surface area contributed by atoms with E-state index in [-0.39, 0.29) is 42.0 Å². The Morgan fingerprint density at radius 1 is 1.26 bits per heavy atom. The van der Waals surface area contributed by atoms with Crippen LogP contribution >= 0.6 is 0 Å². The van der Waals surface area contributed by atoms with Crippen LogP contribution in [-0.2, 0) is 17.6 Å². The highest BCUT2D eigenvalue weighted by atomic mass is 19.1. The number of benzene rings is 1. The SMILES string of the molecule is C=CC(=O)N1CCN(c2nc(OCC3CCCN3C)nc3c2CC[C@]2(Cc4ccc(F)cc4N(C)C2)C3=O)CC1CC#N. The van der Waals surface area contributed by atoms with Crippen LogP contribution in [0, 0.1) is 22.6 Å². The van der Waals surface area contributed by atoms with Crippen molar-refractivity contribution >= 4 is 23.2 Å². The van der Waals surface area contributed by atoms with Crippen LogP contribution in [0.3, 0.4) is 0 Å². The van der Waals surface area contributed by atoms with Gasteiger partial charge in [0.1, 0.15) is 23.9 Å². The normalized spacial score (nSPS) is 25.3. The monoisotopic (exact) mass is 587 g/mol. The molecule has 3 atom stereocenters. The van der Waals surface area contributed by atoms with Crippen molar-refractivity contribution in [3.05, 3.63) is 53.5 Å². The van der Waals surface area contributed by atoms with Crippen LogP contribution in [0.4, 0.5) is 15.9 Å². The molecule has 1 amide bonds. The summed E-state index contributed by atoms with van der Waals surface area (Å²) in [5.41, 5.74) is 2.23. The third-order valence-corrected chi connectivity index (χ3v) is 9.69. The van der Waals surface area contributed by atoms with Crippen molar-refractivity contribution in [2.75, 3.05) is 63.2 Å². The number of ketones is 1. The number of aromatic nitrogens is 2. The molecule has 2 aromatic rings. The van der Waals surface area contributed by atoms with Gasteiger partial charge in [0.25, 0.3) is 0 Å². The van der Waals surface area contributed by atoms with Crippen molar-refractivity contribution in [2.45, 2.75) is 50.6 Å². The number of fused-ring (bicyclic) bond motifs is 2. The largest absolute Gasteiger partial charge is 0.462 e. The van der Waals surface area contributed by atoms with Gasteiger partial charge in [-0.15, -0.1) is 0 Å². The van der Waals surface area contributed by atoms with E-state index >= 15 is 0 Å². The number of Topliss-reactive ketones (excluding diaryl/α,β-unsaturated/α-hetero) is 1. The van der Waals surface area contributed by atoms with Crippen molar-refractivity contribution < 1.29 is 18.7 Å². The second-order valence-electron chi connectivity index (χ2n) is 12.4. The topological polar surface area (TPSA) is 106 Å². The molecule has 2 saturated heterocycles. The number of rotatable bonds is 6. The molecule has 4 aliphatic rings. The number of anilines is 2. The van der Waals surface area contributed by atoms with Crippen LogP contribution in [0.2, 0.25) is 0 Å². The van der Waals surface area contributed by atoms with Crippen LogP contribution in [0.25, 0.3) is 0 Å². The summed E-state index contributed by atoms with van der Waals surface area (Å²) >= 11 is 0. The first-order valence-electron chi connectivity index (χ1n) is 15.1. The summed E-state index contributed by atoms with van der Waals surface area (Å²) in [6, 6.07) is 7.07. The number of piperazine rings is 1. The molecule has 6 rings (SSSR count). The summed E-state index contributed by atoms with van der Waals surface area (Å²) in [6.45, 7) is 6.84. The van der Waals surface area contributed by atoms with Gasteiger partial charge in [-0.05, 0) is 69.5 Å². The van der Waals surface area contributed by atoms with Crippen LogP contribution in [0.15, 0.2) is 30.9 Å². The van der Waals surface area contributed by atoms with E-state index in [9.17, 15) is 19.2 Å². The average Bonchev–Trinajstić information content (AvgIpc) is 3.42. The van der Waals surface area contributed by atoms with Gasteiger partial charge in [0.2, 0.25) is 5.91 Å². The van der Waals surface area contributed by atoms with Gasteiger partial charge in [0.05, 0.1) is 23.9 Å². The fraction of sp³-hybridized carbons (Fsp3) is 0.531. The molecule has 2 fully saturated rings. The lowest BCUT2D eigenvalue weighted by Crippen LogP contribution is -2.55. The molecule has 1 spiro atoms. The number of carbonyl (C=O) groups is 2. The van der Waals surface area contributed by atoms with Crippen LogP contribution in [-0.4, -0.2) is 97.0 Å². The lowest BCUT2D eigenvalue weighted by atomic mass is 9.66. The first-order chi connectivity index (χ1) is 20.7. The van der Waals surface area contributed by atoms with E-state index in [2.05, 4.69) is 29.5 Å². The Hall–Kier alpha value is -4.04. The highest BCUT2D eigenvalue weighted by Crippen LogP contribution is 2.46. The number of nitrogens with zero attached hydrogens (tertiary/aromatic N) is 7. The predicted molar refractivity (Wildman–Crippen MR) is 160 cm³/mol. The summed E-state index contributed by atoms with van der Waals surface area (Å²) in [5.74, 6) is 0.103. The van der Waals surface area contributed by atoms with Gasteiger partial charge in [0, 0.05) is 50.5 Å². The zero-order valence-corrected chi connectivity index (χ0v) is 24.9. The van der Waals surface area contributed by atoms with E-state index in [1.807, 2.05) is 11.9 Å². The van der Waals surface area contributed by atoms with Crippen molar-refractivity contribution in [3.8, 4) is 12.1 Å². The van der Waals surface area contributed by atoms with Gasteiger partial charge < -0.3 is 24.3 Å². The third kappa shape index (κ3) is 5.33. The molecule has 43 heavy (non-hydrogen) atoms. The number of nitriles is 1. The molecule has 1 aliphatic carbocycles. The molecular formula is C32H38FN7O3. The second-order valence-corrected chi connectivity index (χ2v) is 12.4. The highest BCUT2D eigenvalue weighted by Gasteiger charge is 2.48. The van der Waals surface area contributed by atoms with E-state index in [0.29, 0.717) is 63.6 Å². The van der Waals surface area contributed by atoms with Gasteiger partial charge >= 0.3 is 6.01 Å². The number of hydrogen-bond acceptors (Lipinski definition) is 9. The molecule has 2 unspecified atom stereocenters. The Morgan fingerprint density at radius 2 is 2.09 bits per heavy atom. The van der Waals surface area contributed by atoms with Gasteiger partial charge in [-0.3, -0.25) is 9.59 Å². The summed E-state index contributed by atoms with van der Waals surface area (Å²) in [7, 11) is 3.98. The number of carbonyl (C=O) groups excluding carboxylic acids is 2. The molecule has 0 bridgehead atoms. The highest BCUT2D eigenvalue weighted by molar-refractivity contribution is 6.03. The molecule has 0 N–H and O–H groups in total. The van der Waals surface area contributed by atoms with E-state index in [1.54, 1.807) is 11.0 Å². The summed E-state index contributed by atoms with van der Waals surface area (Å²) in [4.78, 5) is 44.6. The minimum atomic E-state index is -0.695. The first-order valence-corrected chi connectivity index (χ1v) is 15.1. The number of hydrogen-bond donors (Lipinski definition) is 0. The predicted octanol–water partition coefficient (Wildman–Crippen LogP) is 3.01. The number of halogens is 1. The summed E-state index contributed by atoms with van der Waals surface area (Å²) < 4.78 is 20.2. The van der Waals surface area contributed by atoms with Crippen LogP contribution in [0.1, 0.15) is 47.3 Å². The molecule has 1 aromatic heterocycles. The minimum Gasteiger partial charge on any atom is -0.462 e. The quantitative estimate of drug-likeness (QED) is 0.472. The lowest BCUT2D eigenvalue weighted by molar-refractivity contribution is -0.128. The maximum absolute atomic E-state index is 14.5. The molecule has 4 heterocycles. The third-order valence-electron chi connectivity index (χ3n) is 9.69. The second kappa shape index (κ2) is 11.6. The fourth-order valence-corrected chi connectivity index (χ4v) is 7.34. The van der Waals surface area contributed by atoms with E-state index in [0.717, 1.165) is 36.2 Å². The fourth-order valence-electron chi connectivity index (χ4n) is 7.34. The summed E-state index contributed by atoms with van der Waals surface area (Å²) in [5, 5.41) is 9.51. The molecule has 0 saturated carbocycles. The Morgan fingerprint density at radius 3 is 2.84 bits per heavy atom. The van der Waals surface area contributed by atoms with Gasteiger partial charge in [-0.25, -0.2) is 4.39 Å². The maximum Gasteiger partial charge on any atom is 0.319 e. The van der Waals surface area contributed by atoms with E-state index in [1.165, 1.54) is 18.2 Å². The molecule has 3 aliphatic heterocycles. The number of likely N-dealkylation sites (tertiary alicyclic amines) is 1. The van der Waals surface area contributed by atoms with Crippen molar-refractivity contribution in [1.29, 1.82) is 5.26 Å². The number of likely N-dealkylation sites (N-methyl/N-ethyl adjacent to an activating group) is 1. The van der Waals surface area contributed by atoms with Gasteiger partial charge in [-0.1, -0.05) is 12.6 Å². The Kier molecular flexibility index (Phi) is 7.81. The lowest BCUT2D eigenvalue weighted by Gasteiger charge is -2.45. The zero-order chi connectivity index (χ0) is 30.3. The molecule has 1 aromatic carbocycles. The first kappa shape index (κ1) is 29.1. The summed E-state index contributed by atoms with van der Waals surface area (Å²) in [6.07, 6.45) is 5.31. The van der Waals surface area contributed by atoms with Gasteiger partial charge in [0.15, 0.2) is 5.78 Å². The minimum absolute atomic E-state index is 0.0453. The van der Waals surface area contributed by atoms with E-state index in [4.69, 9.17) is 14.7 Å². The Labute approximate surface area is 251 Å². The Balaban J connectivity index is 1.36. The van der Waals surface area contributed by atoms with Crippen molar-refractivity contribution in [1.82, 2.24) is 19.8 Å². The number of ether oxygens (including phenoxy) is 1. The molecule has 11 heteroatoms. The van der Waals surface area contributed by atoms with E-state index < -0.39 is 5.41 Å². The van der Waals surface area contributed by atoms with Crippen LogP contribution in [0.5, 0.6) is 6.01 Å². The number of amides is 1. The average molecular weight is 588 g/mol. The molecule has 10 nitrogen and oxygen atoms in total. The van der Waals surface area contributed by atoms with Crippen molar-refractivity contribution in [2.24, 2.45) is 5.41 Å². The smallest absolute Gasteiger partial charge is 0.319 e. The standard InChI is InChI=1S/C32H38FN7O3/c1-4-27(41)40-15-14-39(18-23(40)10-12-34)30-25-9-11-32(17-21-7-8-22(33)16-26(21)38(3)20-32)29(42)28(25)35-31(36-30)43-19-24-6-5-13-37(24)2/h4,7-8,16,23-24H,1,5-6,9-11,13-15,17-20H2,2-3H3/t23?,24?,32-/m1/s1. The molecule has 226 valence electrons. The maximum atomic E-state index is 14.5. The Bertz CT molecular complexity index is 1490.